The molecule has 0 heterocycles. The lowest BCUT2D eigenvalue weighted by Gasteiger charge is -1.98. The van der Waals surface area contributed by atoms with Gasteiger partial charge in [0.2, 0.25) is 0 Å². The third kappa shape index (κ3) is 2.87. The van der Waals surface area contributed by atoms with Crippen LogP contribution in [0.4, 0.5) is 0 Å². The summed E-state index contributed by atoms with van der Waals surface area (Å²) in [6.07, 6.45) is 1.61. The van der Waals surface area contributed by atoms with E-state index >= 15 is 0 Å². The van der Waals surface area contributed by atoms with E-state index in [0.717, 1.165) is 0 Å². The van der Waals surface area contributed by atoms with Gasteiger partial charge in [-0.1, -0.05) is 0 Å². The first-order valence-electron chi connectivity index (χ1n) is 2.75. The third-order valence-electron chi connectivity index (χ3n) is 0.971. The molecule has 0 fully saturated rings. The van der Waals surface area contributed by atoms with E-state index in [1.807, 2.05) is 0 Å². The second-order valence-electron chi connectivity index (χ2n) is 1.74. The SMILES string of the molecule is CN/C=C(/CO)C(C)=N. The van der Waals surface area contributed by atoms with Crippen molar-refractivity contribution in [3.63, 3.8) is 0 Å². The van der Waals surface area contributed by atoms with Crippen LogP contribution in [0, 0.1) is 5.41 Å². The lowest BCUT2D eigenvalue weighted by molar-refractivity contribution is 0.336. The van der Waals surface area contributed by atoms with Gasteiger partial charge in [0, 0.05) is 24.5 Å². The van der Waals surface area contributed by atoms with E-state index in [2.05, 4.69) is 5.32 Å². The predicted molar refractivity (Wildman–Crippen MR) is 37.6 cm³/mol. The highest BCUT2D eigenvalue weighted by Gasteiger charge is 1.94. The first-order chi connectivity index (χ1) is 4.22. The molecule has 52 valence electrons. The second-order valence-corrected chi connectivity index (χ2v) is 1.74. The van der Waals surface area contributed by atoms with Gasteiger partial charge in [0.25, 0.3) is 0 Å². The molecule has 0 aliphatic rings. The number of hydrogen-bond acceptors (Lipinski definition) is 3. The van der Waals surface area contributed by atoms with Gasteiger partial charge in [0.05, 0.1) is 6.61 Å². The molecule has 0 aliphatic heterocycles. The van der Waals surface area contributed by atoms with Gasteiger partial charge < -0.3 is 15.8 Å². The van der Waals surface area contributed by atoms with Gasteiger partial charge >= 0.3 is 0 Å². The summed E-state index contributed by atoms with van der Waals surface area (Å²) in [5.41, 5.74) is 1.02. The van der Waals surface area contributed by atoms with Crippen molar-refractivity contribution in [1.82, 2.24) is 5.32 Å². The lowest BCUT2D eigenvalue weighted by atomic mass is 10.2. The van der Waals surface area contributed by atoms with Crippen molar-refractivity contribution in [3.8, 4) is 0 Å². The maximum Gasteiger partial charge on any atom is 0.0713 e. The van der Waals surface area contributed by atoms with Gasteiger partial charge in [-0.15, -0.1) is 0 Å². The van der Waals surface area contributed by atoms with Gasteiger partial charge in [-0.25, -0.2) is 0 Å². The predicted octanol–water partition coefficient (Wildman–Crippen LogP) is 0.122. The number of aliphatic hydroxyl groups excluding tert-OH is 1. The Bertz CT molecular complexity index is 129. The summed E-state index contributed by atoms with van der Waals surface area (Å²) in [5, 5.41) is 18.4. The molecule has 0 saturated heterocycles. The van der Waals surface area contributed by atoms with Crippen LogP contribution in [0.3, 0.4) is 0 Å². The van der Waals surface area contributed by atoms with Crippen LogP contribution in [-0.4, -0.2) is 24.5 Å². The average Bonchev–Trinajstić information content (AvgIpc) is 1.82. The molecule has 3 nitrogen and oxygen atoms in total. The zero-order valence-corrected chi connectivity index (χ0v) is 5.73. The van der Waals surface area contributed by atoms with Crippen molar-refractivity contribution in [1.29, 1.82) is 5.41 Å². The summed E-state index contributed by atoms with van der Waals surface area (Å²) in [5.74, 6) is 0. The van der Waals surface area contributed by atoms with E-state index in [0.29, 0.717) is 11.3 Å². The molecule has 0 aliphatic carbocycles. The van der Waals surface area contributed by atoms with Crippen LogP contribution in [0.1, 0.15) is 6.92 Å². The molecule has 0 aromatic rings. The Hall–Kier alpha value is -0.830. The van der Waals surface area contributed by atoms with Crippen molar-refractivity contribution in [2.45, 2.75) is 6.92 Å². The summed E-state index contributed by atoms with van der Waals surface area (Å²) in [7, 11) is 1.73. The first kappa shape index (κ1) is 8.17. The molecule has 0 radical (unpaired) electrons. The van der Waals surface area contributed by atoms with Crippen LogP contribution in [0.2, 0.25) is 0 Å². The normalized spacial score (nSPS) is 11.2. The van der Waals surface area contributed by atoms with E-state index in [4.69, 9.17) is 10.5 Å². The quantitative estimate of drug-likeness (QED) is 0.473. The number of nitrogens with one attached hydrogen (secondary N) is 2. The van der Waals surface area contributed by atoms with Crippen molar-refractivity contribution in [2.75, 3.05) is 13.7 Å². The van der Waals surface area contributed by atoms with Crippen LogP contribution in [0.15, 0.2) is 11.8 Å². The van der Waals surface area contributed by atoms with Gasteiger partial charge in [0.1, 0.15) is 0 Å². The Morgan fingerprint density at radius 2 is 2.33 bits per heavy atom. The van der Waals surface area contributed by atoms with E-state index in [1.165, 1.54) is 0 Å². The molecule has 0 aromatic heterocycles. The van der Waals surface area contributed by atoms with E-state index < -0.39 is 0 Å². The minimum atomic E-state index is -0.0732. The van der Waals surface area contributed by atoms with Crippen LogP contribution < -0.4 is 5.32 Å². The zero-order chi connectivity index (χ0) is 7.28. The van der Waals surface area contributed by atoms with Crippen LogP contribution in [0.5, 0.6) is 0 Å². The Labute approximate surface area is 54.9 Å². The topological polar surface area (TPSA) is 56.1 Å². The van der Waals surface area contributed by atoms with Crippen molar-refractivity contribution in [3.05, 3.63) is 11.8 Å². The fourth-order valence-electron chi connectivity index (χ4n) is 0.447. The molecule has 3 N–H and O–H groups in total. The van der Waals surface area contributed by atoms with Gasteiger partial charge in [-0.2, -0.15) is 0 Å². The summed E-state index contributed by atoms with van der Waals surface area (Å²) in [4.78, 5) is 0. The number of hydrogen-bond donors (Lipinski definition) is 3. The van der Waals surface area contributed by atoms with Crippen LogP contribution in [-0.2, 0) is 0 Å². The number of rotatable bonds is 3. The Balaban J connectivity index is 3.98. The molecule has 0 aromatic carbocycles. The maximum absolute atomic E-state index is 8.58. The molecule has 3 heteroatoms. The fraction of sp³-hybridized carbons (Fsp3) is 0.500. The zero-order valence-electron chi connectivity index (χ0n) is 5.73. The van der Waals surface area contributed by atoms with E-state index in [-0.39, 0.29) is 6.61 Å². The summed E-state index contributed by atoms with van der Waals surface area (Å²) >= 11 is 0. The molecular formula is C6H12N2O. The van der Waals surface area contributed by atoms with Gasteiger partial charge in [-0.3, -0.25) is 0 Å². The molecule has 9 heavy (non-hydrogen) atoms. The molecule has 0 rings (SSSR count). The first-order valence-corrected chi connectivity index (χ1v) is 2.75. The Morgan fingerprint density at radius 1 is 1.78 bits per heavy atom. The van der Waals surface area contributed by atoms with Gasteiger partial charge in [0.15, 0.2) is 0 Å². The smallest absolute Gasteiger partial charge is 0.0713 e. The van der Waals surface area contributed by atoms with E-state index in [9.17, 15) is 0 Å². The second kappa shape index (κ2) is 4.09. The third-order valence-corrected chi connectivity index (χ3v) is 0.971. The maximum atomic E-state index is 8.58. The molecule has 0 bridgehead atoms. The van der Waals surface area contributed by atoms with Crippen LogP contribution in [0.25, 0.3) is 0 Å². The molecule has 0 amide bonds. The van der Waals surface area contributed by atoms with Crippen molar-refractivity contribution < 1.29 is 5.11 Å². The number of aliphatic hydroxyl groups is 1. The lowest BCUT2D eigenvalue weighted by Crippen LogP contribution is -2.05. The fourth-order valence-corrected chi connectivity index (χ4v) is 0.447. The Kier molecular flexibility index (Phi) is 3.71. The highest BCUT2D eigenvalue weighted by Crippen LogP contribution is 1.91. The molecule has 0 spiro atoms. The largest absolute Gasteiger partial charge is 0.394 e. The van der Waals surface area contributed by atoms with Crippen molar-refractivity contribution >= 4 is 5.71 Å². The van der Waals surface area contributed by atoms with E-state index in [1.54, 1.807) is 20.2 Å². The van der Waals surface area contributed by atoms with Crippen LogP contribution >= 0.6 is 0 Å². The molecular weight excluding hydrogens is 116 g/mol. The standard InChI is InChI=1S/C6H12N2O/c1-5(7)6(4-9)3-8-2/h3,7-9H,4H2,1-2H3/b6-3-,7-5?. The molecule has 0 unspecified atom stereocenters. The highest BCUT2D eigenvalue weighted by molar-refractivity contribution is 5.95. The average molecular weight is 128 g/mol. The minimum absolute atomic E-state index is 0.0732. The minimum Gasteiger partial charge on any atom is -0.394 e. The molecule has 0 saturated carbocycles. The Morgan fingerprint density at radius 3 is 2.44 bits per heavy atom. The van der Waals surface area contributed by atoms with Crippen molar-refractivity contribution in [2.24, 2.45) is 0 Å². The summed E-state index contributed by atoms with van der Waals surface area (Å²) in [6, 6.07) is 0. The molecule has 0 atom stereocenters. The summed E-state index contributed by atoms with van der Waals surface area (Å²) < 4.78 is 0. The monoisotopic (exact) mass is 128 g/mol. The summed E-state index contributed by atoms with van der Waals surface area (Å²) in [6.45, 7) is 1.57. The highest BCUT2D eigenvalue weighted by atomic mass is 16.3. The van der Waals surface area contributed by atoms with Gasteiger partial charge in [-0.05, 0) is 6.92 Å².